The van der Waals surface area contributed by atoms with Gasteiger partial charge in [-0.25, -0.2) is 0 Å². The second-order valence-electron chi connectivity index (χ2n) is 4.15. The molecule has 3 N–H and O–H groups in total. The Balaban J connectivity index is 0.00000144. The first-order chi connectivity index (χ1) is 7.65. The van der Waals surface area contributed by atoms with Gasteiger partial charge in [0, 0.05) is 12.1 Å². The summed E-state index contributed by atoms with van der Waals surface area (Å²) in [7, 11) is 1.62. The molecule has 0 bridgehead atoms. The van der Waals surface area contributed by atoms with E-state index in [-0.39, 0.29) is 18.3 Å². The molecular weight excluding hydrogens is 240 g/mol. The maximum atomic E-state index is 11.6. The molecule has 0 saturated heterocycles. The van der Waals surface area contributed by atoms with E-state index in [1.807, 2.05) is 24.3 Å². The van der Waals surface area contributed by atoms with E-state index in [4.69, 9.17) is 10.5 Å². The lowest BCUT2D eigenvalue weighted by Gasteiger charge is -2.12. The number of rotatable bonds is 4. The van der Waals surface area contributed by atoms with Crippen LogP contribution >= 0.6 is 12.4 Å². The number of hydrogen-bond acceptors (Lipinski definition) is 3. The fourth-order valence-electron chi connectivity index (χ4n) is 1.56. The van der Waals surface area contributed by atoms with Crippen LogP contribution in [0.15, 0.2) is 24.3 Å². The summed E-state index contributed by atoms with van der Waals surface area (Å²) < 4.78 is 5.20. The number of amides is 1. The lowest BCUT2D eigenvalue weighted by molar-refractivity contribution is -0.123. The number of para-hydroxylation sites is 1. The van der Waals surface area contributed by atoms with Crippen LogP contribution in [0.3, 0.4) is 0 Å². The van der Waals surface area contributed by atoms with Crippen molar-refractivity contribution < 1.29 is 9.53 Å². The topological polar surface area (TPSA) is 64.3 Å². The lowest BCUT2D eigenvalue weighted by atomic mass is 10.2. The third kappa shape index (κ3) is 3.11. The third-order valence-electron chi connectivity index (χ3n) is 2.87. The molecule has 0 aromatic heterocycles. The van der Waals surface area contributed by atoms with Gasteiger partial charge < -0.3 is 15.8 Å². The molecule has 4 nitrogen and oxygen atoms in total. The van der Waals surface area contributed by atoms with Gasteiger partial charge in [-0.05, 0) is 18.9 Å². The van der Waals surface area contributed by atoms with Crippen LogP contribution in [0.1, 0.15) is 18.4 Å². The van der Waals surface area contributed by atoms with E-state index >= 15 is 0 Å². The van der Waals surface area contributed by atoms with E-state index in [9.17, 15) is 4.79 Å². The largest absolute Gasteiger partial charge is 0.496 e. The van der Waals surface area contributed by atoms with Crippen LogP contribution in [0.4, 0.5) is 0 Å². The Labute approximate surface area is 107 Å². The molecule has 1 amide bonds. The molecule has 5 heteroatoms. The van der Waals surface area contributed by atoms with Crippen LogP contribution < -0.4 is 15.8 Å². The van der Waals surface area contributed by atoms with Crippen LogP contribution in [0.25, 0.3) is 0 Å². The number of carbonyl (C=O) groups is 1. The van der Waals surface area contributed by atoms with Gasteiger partial charge in [0.25, 0.3) is 0 Å². The molecule has 0 spiro atoms. The van der Waals surface area contributed by atoms with Crippen LogP contribution in [0, 0.1) is 0 Å². The van der Waals surface area contributed by atoms with Gasteiger partial charge in [-0.2, -0.15) is 0 Å². The first-order valence-corrected chi connectivity index (χ1v) is 5.35. The number of methoxy groups -OCH3 is 1. The Hall–Kier alpha value is -1.26. The van der Waals surface area contributed by atoms with Crippen LogP contribution in [-0.4, -0.2) is 18.6 Å². The fraction of sp³-hybridized carbons (Fsp3) is 0.417. The van der Waals surface area contributed by atoms with Crippen molar-refractivity contribution >= 4 is 18.3 Å². The fourth-order valence-corrected chi connectivity index (χ4v) is 1.56. The predicted molar refractivity (Wildman–Crippen MR) is 68.2 cm³/mol. The summed E-state index contributed by atoms with van der Waals surface area (Å²) in [5.41, 5.74) is 6.13. The molecule has 0 heterocycles. The average molecular weight is 257 g/mol. The molecule has 17 heavy (non-hydrogen) atoms. The van der Waals surface area contributed by atoms with E-state index in [2.05, 4.69) is 5.32 Å². The number of carbonyl (C=O) groups excluding carboxylic acids is 1. The van der Waals surface area contributed by atoms with E-state index in [1.165, 1.54) is 0 Å². The highest BCUT2D eigenvalue weighted by molar-refractivity contribution is 5.88. The monoisotopic (exact) mass is 256 g/mol. The van der Waals surface area contributed by atoms with Crippen LogP contribution in [-0.2, 0) is 11.3 Å². The molecule has 1 saturated carbocycles. The number of halogens is 1. The molecule has 2 rings (SSSR count). The Morgan fingerprint density at radius 1 is 1.47 bits per heavy atom. The highest BCUT2D eigenvalue weighted by Gasteiger charge is 2.45. The van der Waals surface area contributed by atoms with Crippen molar-refractivity contribution in [3.63, 3.8) is 0 Å². The first kappa shape index (κ1) is 13.8. The minimum Gasteiger partial charge on any atom is -0.496 e. The SMILES string of the molecule is COc1ccccc1CNC(=O)C1(N)CC1.Cl. The molecule has 1 aromatic carbocycles. The molecule has 1 fully saturated rings. The van der Waals surface area contributed by atoms with Crippen molar-refractivity contribution in [3.05, 3.63) is 29.8 Å². The van der Waals surface area contributed by atoms with Crippen molar-refractivity contribution in [1.82, 2.24) is 5.32 Å². The van der Waals surface area contributed by atoms with Gasteiger partial charge in [-0.15, -0.1) is 12.4 Å². The standard InChI is InChI=1S/C12H16N2O2.ClH/c1-16-10-5-3-2-4-9(10)8-14-11(15)12(13)6-7-12;/h2-5H,6-8,13H2,1H3,(H,14,15);1H. The van der Waals surface area contributed by atoms with Crippen molar-refractivity contribution in [2.24, 2.45) is 5.73 Å². The molecule has 1 aliphatic carbocycles. The third-order valence-corrected chi connectivity index (χ3v) is 2.87. The summed E-state index contributed by atoms with van der Waals surface area (Å²) in [5.74, 6) is 0.711. The zero-order valence-electron chi connectivity index (χ0n) is 9.73. The highest BCUT2D eigenvalue weighted by Crippen LogP contribution is 2.32. The number of nitrogens with two attached hydrogens (primary N) is 1. The van der Waals surface area contributed by atoms with Gasteiger partial charge in [0.05, 0.1) is 12.6 Å². The normalized spacial score (nSPS) is 15.6. The van der Waals surface area contributed by atoms with E-state index in [0.717, 1.165) is 24.2 Å². The second-order valence-corrected chi connectivity index (χ2v) is 4.15. The smallest absolute Gasteiger partial charge is 0.240 e. The lowest BCUT2D eigenvalue weighted by Crippen LogP contribution is -2.42. The number of hydrogen-bond donors (Lipinski definition) is 2. The van der Waals surface area contributed by atoms with Crippen molar-refractivity contribution in [1.29, 1.82) is 0 Å². The maximum absolute atomic E-state index is 11.6. The minimum absolute atomic E-state index is 0. The summed E-state index contributed by atoms with van der Waals surface area (Å²) in [4.78, 5) is 11.6. The second kappa shape index (κ2) is 5.38. The Bertz CT molecular complexity index is 405. The summed E-state index contributed by atoms with van der Waals surface area (Å²) >= 11 is 0. The van der Waals surface area contributed by atoms with E-state index in [1.54, 1.807) is 7.11 Å². The van der Waals surface area contributed by atoms with Crippen LogP contribution in [0.2, 0.25) is 0 Å². The zero-order valence-corrected chi connectivity index (χ0v) is 10.5. The van der Waals surface area contributed by atoms with Gasteiger partial charge in [-0.1, -0.05) is 18.2 Å². The summed E-state index contributed by atoms with van der Waals surface area (Å²) in [6.45, 7) is 0.460. The predicted octanol–water partition coefficient (Wildman–Crippen LogP) is 1.22. The summed E-state index contributed by atoms with van der Waals surface area (Å²) in [5, 5.41) is 2.83. The van der Waals surface area contributed by atoms with Crippen molar-refractivity contribution in [2.45, 2.75) is 24.9 Å². The number of ether oxygens (including phenoxy) is 1. The van der Waals surface area contributed by atoms with Crippen LogP contribution in [0.5, 0.6) is 5.75 Å². The molecule has 1 aromatic rings. The van der Waals surface area contributed by atoms with Crippen molar-refractivity contribution in [3.8, 4) is 5.75 Å². The van der Waals surface area contributed by atoms with Gasteiger partial charge in [0.15, 0.2) is 0 Å². The molecule has 94 valence electrons. The molecular formula is C12H17ClN2O2. The zero-order chi connectivity index (χ0) is 11.6. The maximum Gasteiger partial charge on any atom is 0.240 e. The number of benzene rings is 1. The Morgan fingerprint density at radius 2 is 2.12 bits per heavy atom. The molecule has 0 radical (unpaired) electrons. The number of nitrogens with one attached hydrogen (secondary N) is 1. The first-order valence-electron chi connectivity index (χ1n) is 5.35. The molecule has 0 unspecified atom stereocenters. The summed E-state index contributed by atoms with van der Waals surface area (Å²) in [6.07, 6.45) is 1.56. The van der Waals surface area contributed by atoms with Crippen molar-refractivity contribution in [2.75, 3.05) is 7.11 Å². The highest BCUT2D eigenvalue weighted by atomic mass is 35.5. The van der Waals surface area contributed by atoms with E-state index in [0.29, 0.717) is 6.54 Å². The quantitative estimate of drug-likeness (QED) is 0.852. The Morgan fingerprint density at radius 3 is 2.71 bits per heavy atom. The molecule has 1 aliphatic rings. The van der Waals surface area contributed by atoms with Gasteiger partial charge in [-0.3, -0.25) is 4.79 Å². The minimum atomic E-state index is -0.609. The Kier molecular flexibility index (Phi) is 4.37. The van der Waals surface area contributed by atoms with Gasteiger partial charge in [0.1, 0.15) is 5.75 Å². The summed E-state index contributed by atoms with van der Waals surface area (Å²) in [6, 6.07) is 7.61. The van der Waals surface area contributed by atoms with E-state index < -0.39 is 5.54 Å². The van der Waals surface area contributed by atoms with Gasteiger partial charge >= 0.3 is 0 Å². The molecule has 0 aliphatic heterocycles. The average Bonchev–Trinajstić information content (AvgIpc) is 3.06. The van der Waals surface area contributed by atoms with Gasteiger partial charge in [0.2, 0.25) is 5.91 Å². The molecule has 0 atom stereocenters.